The number of carbonyl (C=O) groups is 1. The van der Waals surface area contributed by atoms with Gasteiger partial charge in [0.2, 0.25) is 6.79 Å². The molecule has 4 aromatic rings. The minimum atomic E-state index is -0.103. The zero-order valence-corrected chi connectivity index (χ0v) is 20.2. The summed E-state index contributed by atoms with van der Waals surface area (Å²) in [4.78, 5) is 15.4. The molecule has 0 unspecified atom stereocenters. The third-order valence-electron chi connectivity index (χ3n) is 5.86. The smallest absolute Gasteiger partial charge is 0.270 e. The number of nitrogens with zero attached hydrogens (tertiary/aromatic N) is 2. The van der Waals surface area contributed by atoms with Gasteiger partial charge in [-0.25, -0.2) is 0 Å². The van der Waals surface area contributed by atoms with Crippen molar-refractivity contribution in [3.63, 3.8) is 0 Å². The number of ether oxygens (including phenoxy) is 3. The van der Waals surface area contributed by atoms with Crippen molar-refractivity contribution in [2.45, 2.75) is 6.54 Å². The van der Waals surface area contributed by atoms with E-state index in [4.69, 9.17) is 26.4 Å². The Bertz CT molecular complexity index is 1480. The predicted octanol–water partition coefficient (Wildman–Crippen LogP) is 5.85. The Morgan fingerprint density at radius 3 is 2.69 bits per heavy atom. The van der Waals surface area contributed by atoms with Crippen molar-refractivity contribution in [3.8, 4) is 17.2 Å². The van der Waals surface area contributed by atoms with Crippen LogP contribution in [-0.2, 0) is 11.3 Å². The molecule has 8 heteroatoms. The zero-order valence-electron chi connectivity index (χ0n) is 18.5. The highest BCUT2D eigenvalue weighted by Gasteiger charge is 2.33. The van der Waals surface area contributed by atoms with Crippen LogP contribution in [-0.4, -0.2) is 28.2 Å². The molecule has 6 nitrogen and oxygen atoms in total. The molecule has 1 saturated heterocycles. The highest BCUT2D eigenvalue weighted by molar-refractivity contribution is 8.27. The second-order valence-electron chi connectivity index (χ2n) is 8.01. The van der Waals surface area contributed by atoms with Crippen LogP contribution in [0.15, 0.2) is 83.9 Å². The molecule has 3 heterocycles. The lowest BCUT2D eigenvalue weighted by atomic mass is 10.1. The Balaban J connectivity index is 1.23. The Morgan fingerprint density at radius 2 is 1.80 bits per heavy atom. The molecule has 6 rings (SSSR count). The maximum absolute atomic E-state index is 13.2. The van der Waals surface area contributed by atoms with E-state index >= 15 is 0 Å². The van der Waals surface area contributed by atoms with Gasteiger partial charge in [-0.3, -0.25) is 9.69 Å². The predicted molar refractivity (Wildman–Crippen MR) is 142 cm³/mol. The normalized spacial score (nSPS) is 16.0. The van der Waals surface area contributed by atoms with Crippen molar-refractivity contribution in [2.24, 2.45) is 0 Å². The van der Waals surface area contributed by atoms with E-state index in [0.717, 1.165) is 33.7 Å². The van der Waals surface area contributed by atoms with E-state index in [1.54, 1.807) is 4.90 Å². The van der Waals surface area contributed by atoms with Gasteiger partial charge in [0.05, 0.1) is 17.1 Å². The van der Waals surface area contributed by atoms with Gasteiger partial charge in [0, 0.05) is 28.7 Å². The van der Waals surface area contributed by atoms with Crippen LogP contribution in [0.1, 0.15) is 5.56 Å². The number of thiocarbonyl (C=S) groups is 1. The summed E-state index contributed by atoms with van der Waals surface area (Å²) >= 11 is 6.84. The van der Waals surface area contributed by atoms with Crippen LogP contribution in [0.25, 0.3) is 17.0 Å². The molecule has 2 aliphatic rings. The highest BCUT2D eigenvalue weighted by atomic mass is 32.2. The number of amides is 1. The van der Waals surface area contributed by atoms with Crippen LogP contribution in [0.2, 0.25) is 0 Å². The van der Waals surface area contributed by atoms with Crippen molar-refractivity contribution >= 4 is 56.9 Å². The fraction of sp³-hybridized carbons (Fsp3) is 0.111. The van der Waals surface area contributed by atoms with Gasteiger partial charge in [0.1, 0.15) is 12.4 Å². The first-order chi connectivity index (χ1) is 17.2. The molecule has 0 saturated carbocycles. The van der Waals surface area contributed by atoms with E-state index in [2.05, 4.69) is 22.9 Å². The van der Waals surface area contributed by atoms with Crippen molar-refractivity contribution in [2.75, 3.05) is 18.3 Å². The third-order valence-corrected chi connectivity index (χ3v) is 7.16. The number of hydrogen-bond donors (Lipinski definition) is 0. The molecule has 3 aromatic carbocycles. The first-order valence-electron chi connectivity index (χ1n) is 11.1. The summed E-state index contributed by atoms with van der Waals surface area (Å²) in [6.07, 6.45) is 3.99. The van der Waals surface area contributed by atoms with Crippen LogP contribution < -0.4 is 19.1 Å². The number of anilines is 1. The average molecular weight is 501 g/mol. The van der Waals surface area contributed by atoms with Crippen molar-refractivity contribution < 1.29 is 19.0 Å². The van der Waals surface area contributed by atoms with Crippen LogP contribution in [0.5, 0.6) is 17.2 Å². The Hall–Kier alpha value is -3.75. The molecular weight excluding hydrogens is 480 g/mol. The van der Waals surface area contributed by atoms with Gasteiger partial charge >= 0.3 is 0 Å². The highest BCUT2D eigenvalue weighted by Crippen LogP contribution is 2.37. The standard InChI is InChI=1S/C27H20N2O4S2/c30-26-25(35-27(34)29(26)19-6-2-1-3-7-19)14-18-16-28(22-9-5-4-8-21(18)22)12-13-31-20-10-11-23-24(15-20)33-17-32-23/h1-11,14-16H,12-13,17H2/b25-14-. The van der Waals surface area contributed by atoms with E-state index in [1.165, 1.54) is 11.8 Å². The van der Waals surface area contributed by atoms with Crippen LogP contribution in [0.3, 0.4) is 0 Å². The number of carbonyl (C=O) groups excluding carboxylic acids is 1. The summed E-state index contributed by atoms with van der Waals surface area (Å²) in [5, 5.41) is 1.07. The number of thioether (sulfide) groups is 1. The molecule has 0 bridgehead atoms. The first-order valence-corrected chi connectivity index (χ1v) is 12.3. The molecule has 2 aliphatic heterocycles. The van der Waals surface area contributed by atoms with Crippen LogP contribution in [0, 0.1) is 0 Å². The second-order valence-corrected chi connectivity index (χ2v) is 9.69. The molecule has 1 amide bonds. The molecule has 1 fully saturated rings. The lowest BCUT2D eigenvalue weighted by Gasteiger charge is -2.13. The topological polar surface area (TPSA) is 52.9 Å². The fourth-order valence-corrected chi connectivity index (χ4v) is 5.50. The van der Waals surface area contributed by atoms with E-state index < -0.39 is 0 Å². The van der Waals surface area contributed by atoms with Gasteiger partial charge in [-0.05, 0) is 36.4 Å². The SMILES string of the molecule is O=C1/C(=C/c2cn(CCOc3ccc4c(c3)OCO4)c3ccccc23)SC(=S)N1c1ccccc1. The minimum absolute atomic E-state index is 0.103. The quantitative estimate of drug-likeness (QED) is 0.244. The van der Waals surface area contributed by atoms with E-state index in [0.29, 0.717) is 28.1 Å². The van der Waals surface area contributed by atoms with Gasteiger partial charge in [-0.1, -0.05) is 60.4 Å². The summed E-state index contributed by atoms with van der Waals surface area (Å²) in [5.41, 5.74) is 2.82. The molecule has 174 valence electrons. The van der Waals surface area contributed by atoms with E-state index in [9.17, 15) is 4.79 Å². The summed E-state index contributed by atoms with van der Waals surface area (Å²) in [5.74, 6) is 2.06. The summed E-state index contributed by atoms with van der Waals surface area (Å²) in [7, 11) is 0. The van der Waals surface area contributed by atoms with E-state index in [-0.39, 0.29) is 12.7 Å². The maximum Gasteiger partial charge on any atom is 0.270 e. The number of para-hydroxylation sites is 2. The van der Waals surface area contributed by atoms with Crippen LogP contribution >= 0.6 is 24.0 Å². The summed E-state index contributed by atoms with van der Waals surface area (Å²) in [6, 6.07) is 23.2. The van der Waals surface area contributed by atoms with Crippen LogP contribution in [0.4, 0.5) is 5.69 Å². The van der Waals surface area contributed by atoms with E-state index in [1.807, 2.05) is 66.7 Å². The van der Waals surface area contributed by atoms with Gasteiger partial charge in [0.15, 0.2) is 15.8 Å². The van der Waals surface area contributed by atoms with Crippen molar-refractivity contribution in [3.05, 3.63) is 89.5 Å². The van der Waals surface area contributed by atoms with Gasteiger partial charge in [-0.2, -0.15) is 0 Å². The van der Waals surface area contributed by atoms with Gasteiger partial charge < -0.3 is 18.8 Å². The number of fused-ring (bicyclic) bond motifs is 2. The first kappa shape index (κ1) is 21.8. The largest absolute Gasteiger partial charge is 0.492 e. The molecule has 1 aromatic heterocycles. The fourth-order valence-electron chi connectivity index (χ4n) is 4.21. The Labute approximate surface area is 211 Å². The monoisotopic (exact) mass is 500 g/mol. The summed E-state index contributed by atoms with van der Waals surface area (Å²) < 4.78 is 19.4. The lowest BCUT2D eigenvalue weighted by molar-refractivity contribution is -0.113. The molecule has 0 atom stereocenters. The average Bonchev–Trinajstić information content (AvgIpc) is 3.56. The number of aromatic nitrogens is 1. The molecule has 0 radical (unpaired) electrons. The second kappa shape index (κ2) is 9.13. The molecule has 0 aliphatic carbocycles. The molecular formula is C27H20N2O4S2. The number of benzene rings is 3. The van der Waals surface area contributed by atoms with Crippen molar-refractivity contribution in [1.82, 2.24) is 4.57 Å². The van der Waals surface area contributed by atoms with Gasteiger partial charge in [-0.15, -0.1) is 0 Å². The third kappa shape index (κ3) is 4.15. The molecule has 0 N–H and O–H groups in total. The summed E-state index contributed by atoms with van der Waals surface area (Å²) in [6.45, 7) is 1.36. The number of hydrogen-bond acceptors (Lipinski definition) is 6. The molecule has 0 spiro atoms. The lowest BCUT2D eigenvalue weighted by Crippen LogP contribution is -2.27. The zero-order chi connectivity index (χ0) is 23.8. The minimum Gasteiger partial charge on any atom is -0.492 e. The molecule has 35 heavy (non-hydrogen) atoms. The Kier molecular flexibility index (Phi) is 5.67. The number of rotatable bonds is 6. The Morgan fingerprint density at radius 1 is 1.00 bits per heavy atom. The van der Waals surface area contributed by atoms with Crippen molar-refractivity contribution in [1.29, 1.82) is 0 Å². The van der Waals surface area contributed by atoms with Gasteiger partial charge in [0.25, 0.3) is 5.91 Å². The maximum atomic E-state index is 13.2.